The molecule has 0 aliphatic heterocycles. The number of nitrogens with zero attached hydrogens (tertiary/aromatic N) is 2. The summed E-state index contributed by atoms with van der Waals surface area (Å²) in [5, 5.41) is 27.6. The summed E-state index contributed by atoms with van der Waals surface area (Å²) in [6.45, 7) is 9.28. The third-order valence-electron chi connectivity index (χ3n) is 8.18. The van der Waals surface area contributed by atoms with Crippen molar-refractivity contribution in [2.75, 3.05) is 0 Å². The van der Waals surface area contributed by atoms with E-state index in [1.807, 2.05) is 20.8 Å². The number of carbonyl (C=O) groups is 3. The van der Waals surface area contributed by atoms with Crippen LogP contribution in [0.1, 0.15) is 76.0 Å². The number of halogens is 2. The van der Waals surface area contributed by atoms with Gasteiger partial charge in [0, 0.05) is 29.4 Å². The molecule has 0 spiro atoms. The van der Waals surface area contributed by atoms with Crippen LogP contribution in [0.5, 0.6) is 0 Å². The highest BCUT2D eigenvalue weighted by molar-refractivity contribution is 6.38. The maximum atomic E-state index is 14.3. The first-order chi connectivity index (χ1) is 19.4. The minimum absolute atomic E-state index is 0.0575. The van der Waals surface area contributed by atoms with E-state index in [1.54, 1.807) is 26.0 Å². The minimum atomic E-state index is -1.42. The smallest absolute Gasteiger partial charge is 0.405 e. The SMILES string of the molecule is CCC(C)[C@H](NC(=O)O)C(=O)N[C@@]1(C(=O)N[C@H](c2nnc(C)o2)C(C)CC)CCc2[nH]c3c(Cl)cc(Cl)cc3c2C1. The fourth-order valence-electron chi connectivity index (χ4n) is 5.38. The number of H-pyrrole nitrogens is 1. The van der Waals surface area contributed by atoms with Gasteiger partial charge in [-0.15, -0.1) is 10.2 Å². The number of amides is 3. The number of hydrogen-bond donors (Lipinski definition) is 5. The maximum absolute atomic E-state index is 14.3. The quantitative estimate of drug-likeness (QED) is 0.214. The number of aryl methyl sites for hydroxylation is 2. The fourth-order valence-corrected chi connectivity index (χ4v) is 5.92. The van der Waals surface area contributed by atoms with Gasteiger partial charge in [-0.3, -0.25) is 9.59 Å². The van der Waals surface area contributed by atoms with Crippen LogP contribution in [0.25, 0.3) is 10.9 Å². The van der Waals surface area contributed by atoms with Crippen molar-refractivity contribution in [2.24, 2.45) is 11.8 Å². The zero-order chi connectivity index (χ0) is 30.1. The van der Waals surface area contributed by atoms with Crippen LogP contribution >= 0.6 is 23.2 Å². The van der Waals surface area contributed by atoms with Gasteiger partial charge in [-0.05, 0) is 42.4 Å². The van der Waals surface area contributed by atoms with Crippen LogP contribution in [-0.2, 0) is 22.4 Å². The molecule has 13 heteroatoms. The van der Waals surface area contributed by atoms with Crippen molar-refractivity contribution < 1.29 is 23.9 Å². The second-order valence-electron chi connectivity index (χ2n) is 10.9. The molecule has 0 radical (unpaired) electrons. The van der Waals surface area contributed by atoms with Crippen molar-refractivity contribution in [1.29, 1.82) is 0 Å². The molecule has 5 atom stereocenters. The Morgan fingerprint density at radius 2 is 1.83 bits per heavy atom. The van der Waals surface area contributed by atoms with Gasteiger partial charge in [0.15, 0.2) is 0 Å². The highest BCUT2D eigenvalue weighted by Crippen LogP contribution is 2.39. The van der Waals surface area contributed by atoms with Gasteiger partial charge in [0.25, 0.3) is 0 Å². The molecule has 41 heavy (non-hydrogen) atoms. The predicted octanol–water partition coefficient (Wildman–Crippen LogP) is 5.10. The minimum Gasteiger partial charge on any atom is -0.465 e. The van der Waals surface area contributed by atoms with Gasteiger partial charge in [-0.25, -0.2) is 4.79 Å². The molecule has 2 unspecified atom stereocenters. The van der Waals surface area contributed by atoms with Gasteiger partial charge in [-0.1, -0.05) is 63.7 Å². The average molecular weight is 608 g/mol. The third-order valence-corrected chi connectivity index (χ3v) is 8.70. The molecular formula is C28H36Cl2N6O5. The van der Waals surface area contributed by atoms with Gasteiger partial charge < -0.3 is 30.5 Å². The third kappa shape index (κ3) is 6.30. The van der Waals surface area contributed by atoms with Crippen LogP contribution in [0.2, 0.25) is 10.0 Å². The first kappa shape index (κ1) is 30.6. The summed E-state index contributed by atoms with van der Waals surface area (Å²) in [4.78, 5) is 43.0. The van der Waals surface area contributed by atoms with Crippen LogP contribution in [0.3, 0.4) is 0 Å². The molecule has 0 saturated carbocycles. The predicted molar refractivity (Wildman–Crippen MR) is 155 cm³/mol. The normalized spacial score (nSPS) is 19.6. The summed E-state index contributed by atoms with van der Waals surface area (Å²) in [5.74, 6) is -0.734. The standard InChI is InChI=1S/C28H36Cl2N6O5/c1-6-13(3)21(33-27(39)40)24(37)34-28(26(38)32-22(14(4)7-2)25-36-35-15(5)41-25)9-8-20-18(12-28)17-10-16(29)11-19(30)23(17)31-20/h10-11,13-14,21-22,31,33H,6-9,12H2,1-5H3,(H,32,38)(H,34,37)(H,39,40)/t13?,14?,21-,22-,28-/m0/s1. The van der Waals surface area contributed by atoms with Crippen LogP contribution in [0.15, 0.2) is 16.5 Å². The van der Waals surface area contributed by atoms with Crippen molar-refractivity contribution in [3.8, 4) is 0 Å². The van der Waals surface area contributed by atoms with Gasteiger partial charge in [-0.2, -0.15) is 0 Å². The molecule has 5 N–H and O–H groups in total. The van der Waals surface area contributed by atoms with E-state index in [0.29, 0.717) is 40.7 Å². The fraction of sp³-hybridized carbons (Fsp3) is 0.536. The Hall–Kier alpha value is -3.31. The van der Waals surface area contributed by atoms with Crippen molar-refractivity contribution in [3.05, 3.63) is 45.2 Å². The van der Waals surface area contributed by atoms with Gasteiger partial charge in [0.05, 0.1) is 10.5 Å². The molecule has 3 amide bonds. The van der Waals surface area contributed by atoms with E-state index in [4.69, 9.17) is 27.6 Å². The summed E-state index contributed by atoms with van der Waals surface area (Å²) in [5.41, 5.74) is 0.995. The molecule has 3 aromatic rings. The monoisotopic (exact) mass is 606 g/mol. The highest BCUT2D eigenvalue weighted by Gasteiger charge is 2.47. The van der Waals surface area contributed by atoms with Gasteiger partial charge in [0.1, 0.15) is 17.6 Å². The lowest BCUT2D eigenvalue weighted by Crippen LogP contribution is -2.65. The molecule has 2 heterocycles. The molecule has 2 aromatic heterocycles. The van der Waals surface area contributed by atoms with E-state index in [-0.39, 0.29) is 30.6 Å². The van der Waals surface area contributed by atoms with Crippen molar-refractivity contribution in [1.82, 2.24) is 31.1 Å². The maximum Gasteiger partial charge on any atom is 0.405 e. The Morgan fingerprint density at radius 3 is 2.44 bits per heavy atom. The molecular weight excluding hydrogens is 571 g/mol. The van der Waals surface area contributed by atoms with Crippen molar-refractivity contribution >= 4 is 52.0 Å². The lowest BCUT2D eigenvalue weighted by Gasteiger charge is -2.39. The van der Waals surface area contributed by atoms with E-state index < -0.39 is 35.5 Å². The number of benzene rings is 1. The second kappa shape index (κ2) is 12.3. The lowest BCUT2D eigenvalue weighted by molar-refractivity contribution is -0.136. The van der Waals surface area contributed by atoms with Crippen molar-refractivity contribution in [2.45, 2.75) is 84.3 Å². The van der Waals surface area contributed by atoms with E-state index in [9.17, 15) is 19.5 Å². The number of rotatable bonds is 10. The summed E-state index contributed by atoms with van der Waals surface area (Å²) in [7, 11) is 0. The van der Waals surface area contributed by atoms with Crippen LogP contribution in [0, 0.1) is 18.8 Å². The summed E-state index contributed by atoms with van der Waals surface area (Å²) in [6.07, 6.45) is 0.764. The van der Waals surface area contributed by atoms with E-state index in [1.165, 1.54) is 0 Å². The van der Waals surface area contributed by atoms with Crippen LogP contribution < -0.4 is 16.0 Å². The molecule has 0 fully saturated rings. The zero-order valence-corrected chi connectivity index (χ0v) is 25.2. The summed E-state index contributed by atoms with van der Waals surface area (Å²) < 4.78 is 5.69. The Bertz CT molecular complexity index is 1460. The van der Waals surface area contributed by atoms with Crippen LogP contribution in [-0.4, -0.2) is 49.8 Å². The van der Waals surface area contributed by atoms with Gasteiger partial charge >= 0.3 is 6.09 Å². The summed E-state index contributed by atoms with van der Waals surface area (Å²) in [6, 6.07) is 1.77. The van der Waals surface area contributed by atoms with E-state index >= 15 is 0 Å². The molecule has 1 aliphatic rings. The summed E-state index contributed by atoms with van der Waals surface area (Å²) >= 11 is 12.8. The Labute approximate surface area is 248 Å². The number of nitrogens with one attached hydrogen (secondary N) is 4. The van der Waals surface area contributed by atoms with Crippen LogP contribution in [0.4, 0.5) is 4.79 Å². The second-order valence-corrected chi connectivity index (χ2v) is 11.8. The number of carbonyl (C=O) groups excluding carboxylic acids is 2. The molecule has 11 nitrogen and oxygen atoms in total. The Kier molecular flexibility index (Phi) is 9.18. The highest BCUT2D eigenvalue weighted by atomic mass is 35.5. The zero-order valence-electron chi connectivity index (χ0n) is 23.7. The topological polar surface area (TPSA) is 162 Å². The number of aromatic nitrogens is 3. The van der Waals surface area contributed by atoms with Gasteiger partial charge in [0.2, 0.25) is 23.6 Å². The van der Waals surface area contributed by atoms with E-state index in [2.05, 4.69) is 31.1 Å². The van der Waals surface area contributed by atoms with E-state index in [0.717, 1.165) is 16.6 Å². The number of hydrogen-bond acceptors (Lipinski definition) is 6. The lowest BCUT2D eigenvalue weighted by atomic mass is 9.78. The Morgan fingerprint density at radius 1 is 1.12 bits per heavy atom. The first-order valence-electron chi connectivity index (χ1n) is 13.8. The number of carboxylic acid groups (broad SMARTS) is 1. The first-order valence-corrected chi connectivity index (χ1v) is 14.6. The average Bonchev–Trinajstić information content (AvgIpc) is 3.52. The number of fused-ring (bicyclic) bond motifs is 3. The van der Waals surface area contributed by atoms with Crippen molar-refractivity contribution in [3.63, 3.8) is 0 Å². The molecule has 222 valence electrons. The molecule has 1 aromatic carbocycles. The largest absolute Gasteiger partial charge is 0.465 e. The molecule has 0 saturated heterocycles. The molecule has 0 bridgehead atoms. The number of aromatic amines is 1. The molecule has 4 rings (SSSR count). The molecule has 1 aliphatic carbocycles. The Balaban J connectivity index is 1.77.